The maximum absolute atomic E-state index is 12.9. The maximum atomic E-state index is 12.9. The van der Waals surface area contributed by atoms with Crippen molar-refractivity contribution in [1.29, 1.82) is 0 Å². The molecule has 0 radical (unpaired) electrons. The zero-order chi connectivity index (χ0) is 24.9. The van der Waals surface area contributed by atoms with Gasteiger partial charge in [0.25, 0.3) is 5.91 Å². The van der Waals surface area contributed by atoms with Crippen LogP contribution < -0.4 is 5.32 Å². The van der Waals surface area contributed by atoms with Crippen molar-refractivity contribution in [1.82, 2.24) is 10.3 Å². The van der Waals surface area contributed by atoms with E-state index in [1.165, 1.54) is 0 Å². The number of nitrogens with zero attached hydrogens (tertiary/aromatic N) is 2. The lowest BCUT2D eigenvalue weighted by Gasteiger charge is -2.10. The molecule has 0 fully saturated rings. The van der Waals surface area contributed by atoms with Crippen molar-refractivity contribution in [2.24, 2.45) is 4.99 Å². The van der Waals surface area contributed by atoms with Gasteiger partial charge in [0.1, 0.15) is 0 Å². The van der Waals surface area contributed by atoms with Gasteiger partial charge in [0, 0.05) is 45.4 Å². The van der Waals surface area contributed by atoms with Crippen LogP contribution in [-0.4, -0.2) is 29.2 Å². The zero-order valence-corrected chi connectivity index (χ0v) is 20.4. The molecule has 1 aromatic heterocycles. The highest BCUT2D eigenvalue weighted by atomic mass is 32.2. The van der Waals surface area contributed by atoms with E-state index >= 15 is 0 Å². The molecule has 178 valence electrons. The molecule has 0 saturated carbocycles. The van der Waals surface area contributed by atoms with Gasteiger partial charge in [-0.3, -0.25) is 9.78 Å². The lowest BCUT2D eigenvalue weighted by atomic mass is 10.0. The van der Waals surface area contributed by atoms with Crippen molar-refractivity contribution in [3.8, 4) is 0 Å². The van der Waals surface area contributed by atoms with Crippen molar-refractivity contribution in [3.63, 3.8) is 0 Å². The van der Waals surface area contributed by atoms with E-state index in [2.05, 4.69) is 16.4 Å². The number of hydrogen-bond acceptors (Lipinski definition) is 6. The smallest absolute Gasteiger partial charge is 0.338 e. The number of benzene rings is 3. The summed E-state index contributed by atoms with van der Waals surface area (Å²) in [7, 11) is 0. The second-order valence-electron chi connectivity index (χ2n) is 8.08. The second-order valence-corrected chi connectivity index (χ2v) is 9.17. The number of nitrogens with one attached hydrogen (secondary N) is 1. The third-order valence-corrected chi connectivity index (χ3v) is 6.80. The van der Waals surface area contributed by atoms with Crippen LogP contribution in [0.4, 0.5) is 5.69 Å². The zero-order valence-electron chi connectivity index (χ0n) is 19.6. The first-order valence-corrected chi connectivity index (χ1v) is 12.4. The molecule has 1 aliphatic rings. The number of aliphatic imine (C=N–C) groups is 1. The minimum Gasteiger partial charge on any atom is -0.462 e. The minimum atomic E-state index is -0.352. The number of fused-ring (bicyclic) bond motifs is 2. The topological polar surface area (TPSA) is 80.6 Å². The molecular weight excluding hydrogens is 470 g/mol. The van der Waals surface area contributed by atoms with Crippen LogP contribution in [-0.2, 0) is 11.3 Å². The minimum absolute atomic E-state index is 0.177. The molecule has 7 heteroatoms. The summed E-state index contributed by atoms with van der Waals surface area (Å²) in [6, 6.07) is 24.7. The Morgan fingerprint density at radius 2 is 1.72 bits per heavy atom. The van der Waals surface area contributed by atoms with E-state index in [0.29, 0.717) is 24.3 Å². The lowest BCUT2D eigenvalue weighted by Crippen LogP contribution is -2.22. The van der Waals surface area contributed by atoms with Crippen molar-refractivity contribution in [2.45, 2.75) is 23.3 Å². The Balaban J connectivity index is 1.49. The molecule has 0 bridgehead atoms. The van der Waals surface area contributed by atoms with E-state index in [1.807, 2.05) is 60.7 Å². The van der Waals surface area contributed by atoms with Crippen molar-refractivity contribution < 1.29 is 14.3 Å². The van der Waals surface area contributed by atoms with Gasteiger partial charge in [0.15, 0.2) is 0 Å². The summed E-state index contributed by atoms with van der Waals surface area (Å²) < 4.78 is 5.11. The molecule has 4 aromatic rings. The van der Waals surface area contributed by atoms with E-state index < -0.39 is 0 Å². The number of amides is 1. The van der Waals surface area contributed by atoms with E-state index in [4.69, 9.17) is 9.73 Å². The van der Waals surface area contributed by atoms with Gasteiger partial charge in [0.2, 0.25) is 0 Å². The van der Waals surface area contributed by atoms with Crippen molar-refractivity contribution >= 4 is 35.0 Å². The molecule has 1 aliphatic heterocycles. The van der Waals surface area contributed by atoms with Crippen LogP contribution in [0.1, 0.15) is 44.3 Å². The van der Waals surface area contributed by atoms with Crippen LogP contribution in [0.25, 0.3) is 0 Å². The summed E-state index contributed by atoms with van der Waals surface area (Å²) in [5, 5.41) is 2.95. The summed E-state index contributed by atoms with van der Waals surface area (Å²) in [5.74, 6) is -0.529. The van der Waals surface area contributed by atoms with Gasteiger partial charge in [-0.1, -0.05) is 48.2 Å². The number of ether oxygens (including phenoxy) is 1. The molecule has 1 N–H and O–H groups in total. The fourth-order valence-corrected chi connectivity index (χ4v) is 4.87. The summed E-state index contributed by atoms with van der Waals surface area (Å²) in [6.07, 6.45) is 3.43. The Morgan fingerprint density at radius 1 is 0.917 bits per heavy atom. The second kappa shape index (κ2) is 10.6. The number of esters is 1. The van der Waals surface area contributed by atoms with Crippen LogP contribution in [0.2, 0.25) is 0 Å². The first-order chi connectivity index (χ1) is 17.6. The monoisotopic (exact) mass is 493 g/mol. The molecule has 5 rings (SSSR count). The van der Waals surface area contributed by atoms with Gasteiger partial charge >= 0.3 is 5.97 Å². The fourth-order valence-electron chi connectivity index (χ4n) is 3.87. The van der Waals surface area contributed by atoms with E-state index in [1.54, 1.807) is 43.2 Å². The number of hydrogen-bond donors (Lipinski definition) is 1. The molecule has 0 saturated heterocycles. The molecule has 1 amide bonds. The summed E-state index contributed by atoms with van der Waals surface area (Å²) in [6.45, 7) is 2.50. The standard InChI is InChI=1S/C29H23N3O3S/c1-2-35-29(34)21-11-9-20(10-12-21)27-23-7-3-4-8-25(23)36-26-14-13-22(16-24(26)32-27)28(33)31-18-19-6-5-15-30-17-19/h3-17H,2,18H2,1H3,(H,31,33). The van der Waals surface area contributed by atoms with Crippen LogP contribution in [0.5, 0.6) is 0 Å². The van der Waals surface area contributed by atoms with Crippen molar-refractivity contribution in [3.05, 3.63) is 119 Å². The summed E-state index contributed by atoms with van der Waals surface area (Å²) >= 11 is 1.62. The number of carbonyl (C=O) groups is 2. The molecule has 3 aromatic carbocycles. The van der Waals surface area contributed by atoms with E-state index in [-0.39, 0.29) is 11.9 Å². The van der Waals surface area contributed by atoms with Gasteiger partial charge in [-0.05, 0) is 55.0 Å². The van der Waals surface area contributed by atoms with Gasteiger partial charge in [-0.25, -0.2) is 9.79 Å². The summed E-state index contributed by atoms with van der Waals surface area (Å²) in [5.41, 5.74) is 5.31. The van der Waals surface area contributed by atoms with Gasteiger partial charge in [-0.15, -0.1) is 0 Å². The van der Waals surface area contributed by atoms with Crippen LogP contribution >= 0.6 is 11.8 Å². The highest BCUT2D eigenvalue weighted by molar-refractivity contribution is 7.99. The van der Waals surface area contributed by atoms with Crippen LogP contribution in [0.3, 0.4) is 0 Å². The Kier molecular flexibility index (Phi) is 6.91. The highest BCUT2D eigenvalue weighted by Crippen LogP contribution is 2.41. The van der Waals surface area contributed by atoms with Crippen molar-refractivity contribution in [2.75, 3.05) is 6.61 Å². The molecule has 0 spiro atoms. The molecular formula is C29H23N3O3S. The fraction of sp³-hybridized carbons (Fsp3) is 0.103. The maximum Gasteiger partial charge on any atom is 0.338 e. The molecule has 0 atom stereocenters. The molecule has 0 aliphatic carbocycles. The summed E-state index contributed by atoms with van der Waals surface area (Å²) in [4.78, 5) is 36.1. The number of carbonyl (C=O) groups excluding carboxylic acids is 2. The normalized spacial score (nSPS) is 12.0. The SMILES string of the molecule is CCOC(=O)c1ccc(C2=Nc3cc(C(=O)NCc4cccnc4)ccc3Sc3ccccc32)cc1. The predicted octanol–water partition coefficient (Wildman–Crippen LogP) is 5.82. The molecule has 6 nitrogen and oxygen atoms in total. The lowest BCUT2D eigenvalue weighted by molar-refractivity contribution is 0.0526. The van der Waals surface area contributed by atoms with Gasteiger partial charge in [0.05, 0.1) is 23.6 Å². The van der Waals surface area contributed by atoms with E-state index in [0.717, 1.165) is 37.9 Å². The first kappa shape index (κ1) is 23.5. The third kappa shape index (κ3) is 5.06. The highest BCUT2D eigenvalue weighted by Gasteiger charge is 2.20. The largest absolute Gasteiger partial charge is 0.462 e. The molecule has 2 heterocycles. The number of rotatable bonds is 6. The Labute approximate surface area is 213 Å². The number of pyridine rings is 1. The quantitative estimate of drug-likeness (QED) is 0.301. The van der Waals surface area contributed by atoms with Gasteiger partial charge < -0.3 is 10.1 Å². The molecule has 0 unspecified atom stereocenters. The van der Waals surface area contributed by atoms with E-state index in [9.17, 15) is 9.59 Å². The number of aromatic nitrogens is 1. The predicted molar refractivity (Wildman–Crippen MR) is 140 cm³/mol. The average Bonchev–Trinajstić information content (AvgIpc) is 3.09. The average molecular weight is 494 g/mol. The third-order valence-electron chi connectivity index (χ3n) is 5.66. The Bertz CT molecular complexity index is 1450. The first-order valence-electron chi connectivity index (χ1n) is 11.6. The Morgan fingerprint density at radius 3 is 2.50 bits per heavy atom. The molecule has 36 heavy (non-hydrogen) atoms. The van der Waals surface area contributed by atoms with Gasteiger partial charge in [-0.2, -0.15) is 0 Å². The van der Waals surface area contributed by atoms with Crippen LogP contribution in [0, 0.1) is 0 Å². The van der Waals surface area contributed by atoms with Crippen LogP contribution in [0.15, 0.2) is 106 Å². The Hall–Kier alpha value is -4.23.